The number of anilines is 1. The molecule has 1 amide bonds. The van der Waals surface area contributed by atoms with Crippen LogP contribution in [0.15, 0.2) is 12.4 Å². The summed E-state index contributed by atoms with van der Waals surface area (Å²) in [4.78, 5) is 22.7. The molecule has 0 aliphatic carbocycles. The lowest BCUT2D eigenvalue weighted by Gasteiger charge is -2.34. The molecule has 3 N–H and O–H groups in total. The van der Waals surface area contributed by atoms with Gasteiger partial charge in [-0.1, -0.05) is 0 Å². The third kappa shape index (κ3) is 3.43. The number of amides is 1. The molecule has 1 atom stereocenters. The highest BCUT2D eigenvalue weighted by Gasteiger charge is 2.31. The molecule has 1 aliphatic rings. The van der Waals surface area contributed by atoms with E-state index < -0.39 is 6.04 Å². The largest absolute Gasteiger partial charge is 0.377 e. The number of rotatable bonds is 4. The zero-order chi connectivity index (χ0) is 14.5. The minimum absolute atomic E-state index is 0.0637. The first kappa shape index (κ1) is 14.7. The van der Waals surface area contributed by atoms with Gasteiger partial charge in [-0.05, 0) is 13.8 Å². The van der Waals surface area contributed by atoms with Crippen molar-refractivity contribution < 1.29 is 9.53 Å². The van der Waals surface area contributed by atoms with Crippen LogP contribution in [0.25, 0.3) is 0 Å². The number of carbonyl (C=O) groups excluding carboxylic acids is 1. The summed E-state index contributed by atoms with van der Waals surface area (Å²) in [7, 11) is 0. The molecule has 1 unspecified atom stereocenters. The van der Waals surface area contributed by atoms with Crippen LogP contribution in [0.1, 0.15) is 19.4 Å². The molecule has 2 heterocycles. The minimum Gasteiger partial charge on any atom is -0.377 e. The molecule has 1 saturated heterocycles. The molecule has 1 aromatic heterocycles. The predicted molar refractivity (Wildman–Crippen MR) is 75.2 cm³/mol. The van der Waals surface area contributed by atoms with Crippen LogP contribution < -0.4 is 16.0 Å². The van der Waals surface area contributed by atoms with E-state index in [1.54, 1.807) is 12.4 Å². The molecule has 7 nitrogen and oxygen atoms in total. The lowest BCUT2D eigenvalue weighted by Crippen LogP contribution is -2.55. The summed E-state index contributed by atoms with van der Waals surface area (Å²) in [5, 5.41) is 2.90. The Bertz CT molecular complexity index is 449. The van der Waals surface area contributed by atoms with E-state index in [1.165, 1.54) is 0 Å². The molecule has 20 heavy (non-hydrogen) atoms. The van der Waals surface area contributed by atoms with Crippen LogP contribution in [-0.4, -0.2) is 47.7 Å². The lowest BCUT2D eigenvalue weighted by atomic mass is 10.2. The molecular weight excluding hydrogens is 258 g/mol. The van der Waals surface area contributed by atoms with Crippen molar-refractivity contribution in [2.75, 3.05) is 24.7 Å². The maximum absolute atomic E-state index is 12.2. The van der Waals surface area contributed by atoms with Gasteiger partial charge in [0.2, 0.25) is 11.9 Å². The first-order valence-electron chi connectivity index (χ1n) is 6.77. The fraction of sp³-hybridized carbons (Fsp3) is 0.615. The second-order valence-electron chi connectivity index (χ2n) is 5.04. The molecule has 0 bridgehead atoms. The summed E-state index contributed by atoms with van der Waals surface area (Å²) >= 11 is 0. The highest BCUT2D eigenvalue weighted by atomic mass is 16.5. The first-order chi connectivity index (χ1) is 9.61. The Balaban J connectivity index is 2.15. The summed E-state index contributed by atoms with van der Waals surface area (Å²) in [6, 6.07) is -0.304. The number of nitrogens with two attached hydrogens (primary N) is 1. The Labute approximate surface area is 118 Å². The van der Waals surface area contributed by atoms with Gasteiger partial charge in [0.25, 0.3) is 0 Å². The molecule has 0 spiro atoms. The summed E-state index contributed by atoms with van der Waals surface area (Å²) in [5.41, 5.74) is 6.40. The van der Waals surface area contributed by atoms with Gasteiger partial charge in [0, 0.05) is 37.1 Å². The highest BCUT2D eigenvalue weighted by molar-refractivity contribution is 5.85. The fourth-order valence-corrected chi connectivity index (χ4v) is 2.04. The van der Waals surface area contributed by atoms with Gasteiger partial charge < -0.3 is 20.7 Å². The van der Waals surface area contributed by atoms with E-state index in [2.05, 4.69) is 15.3 Å². The Morgan fingerprint density at radius 3 is 2.85 bits per heavy atom. The highest BCUT2D eigenvalue weighted by Crippen LogP contribution is 2.15. The molecule has 0 aromatic carbocycles. The van der Waals surface area contributed by atoms with Crippen molar-refractivity contribution in [1.29, 1.82) is 0 Å². The molecule has 1 fully saturated rings. The van der Waals surface area contributed by atoms with Gasteiger partial charge in [0.15, 0.2) is 0 Å². The molecule has 1 aliphatic heterocycles. The zero-order valence-corrected chi connectivity index (χ0v) is 11.9. The van der Waals surface area contributed by atoms with Gasteiger partial charge in [0.1, 0.15) is 6.04 Å². The second kappa shape index (κ2) is 6.62. The van der Waals surface area contributed by atoms with Crippen LogP contribution in [-0.2, 0) is 16.1 Å². The van der Waals surface area contributed by atoms with Crippen LogP contribution in [0, 0.1) is 0 Å². The molecule has 1 aromatic rings. The second-order valence-corrected chi connectivity index (χ2v) is 5.04. The maximum atomic E-state index is 12.2. The van der Waals surface area contributed by atoms with Gasteiger partial charge in [-0.25, -0.2) is 9.97 Å². The molecule has 0 saturated carbocycles. The number of nitrogens with one attached hydrogen (secondary N) is 1. The molecular formula is C13H21N5O2. The summed E-state index contributed by atoms with van der Waals surface area (Å²) in [6.45, 7) is 5.77. The smallest absolute Gasteiger partial charge is 0.245 e. The number of hydrogen-bond donors (Lipinski definition) is 2. The summed E-state index contributed by atoms with van der Waals surface area (Å²) in [6.07, 6.45) is 3.38. The van der Waals surface area contributed by atoms with Crippen molar-refractivity contribution in [3.63, 3.8) is 0 Å². The van der Waals surface area contributed by atoms with Gasteiger partial charge in [-0.3, -0.25) is 4.79 Å². The van der Waals surface area contributed by atoms with Crippen LogP contribution >= 0.6 is 0 Å². The Morgan fingerprint density at radius 2 is 2.25 bits per heavy atom. The van der Waals surface area contributed by atoms with Crippen LogP contribution in [0.2, 0.25) is 0 Å². The number of hydrogen-bond acceptors (Lipinski definition) is 6. The number of carbonyl (C=O) groups is 1. The Kier molecular flexibility index (Phi) is 4.86. The third-order valence-corrected chi connectivity index (χ3v) is 3.05. The van der Waals surface area contributed by atoms with Crippen molar-refractivity contribution in [1.82, 2.24) is 15.3 Å². The van der Waals surface area contributed by atoms with E-state index in [1.807, 2.05) is 18.7 Å². The number of morpholine rings is 1. The van der Waals surface area contributed by atoms with Crippen LogP contribution in [0.3, 0.4) is 0 Å². The van der Waals surface area contributed by atoms with Gasteiger partial charge in [-0.2, -0.15) is 0 Å². The van der Waals surface area contributed by atoms with E-state index in [0.717, 1.165) is 5.56 Å². The number of aromatic nitrogens is 2. The van der Waals surface area contributed by atoms with E-state index in [0.29, 0.717) is 32.3 Å². The van der Waals surface area contributed by atoms with Crippen molar-refractivity contribution in [3.05, 3.63) is 18.0 Å². The van der Waals surface area contributed by atoms with E-state index in [-0.39, 0.29) is 11.9 Å². The zero-order valence-electron chi connectivity index (χ0n) is 11.9. The van der Waals surface area contributed by atoms with E-state index in [9.17, 15) is 4.79 Å². The molecule has 0 radical (unpaired) electrons. The van der Waals surface area contributed by atoms with Crippen molar-refractivity contribution in [2.45, 2.75) is 32.5 Å². The third-order valence-electron chi connectivity index (χ3n) is 3.05. The van der Waals surface area contributed by atoms with Crippen LogP contribution in [0.5, 0.6) is 0 Å². The summed E-state index contributed by atoms with van der Waals surface area (Å²) < 4.78 is 5.40. The average Bonchev–Trinajstić information content (AvgIpc) is 2.46. The standard InChI is InChI=1S/C13H21N5O2/c1-9(2)17-12(19)11-8-20-4-3-18(11)13-15-6-10(5-14)7-16-13/h6-7,9,11H,3-5,8,14H2,1-2H3,(H,17,19). The number of nitrogens with zero attached hydrogens (tertiary/aromatic N) is 3. The SMILES string of the molecule is CC(C)NC(=O)C1COCCN1c1ncc(CN)cn1. The predicted octanol–water partition coefficient (Wildman–Crippen LogP) is -0.335. The molecule has 2 rings (SSSR count). The van der Waals surface area contributed by atoms with Crippen LogP contribution in [0.4, 0.5) is 5.95 Å². The lowest BCUT2D eigenvalue weighted by molar-refractivity contribution is -0.125. The van der Waals surface area contributed by atoms with E-state index in [4.69, 9.17) is 10.5 Å². The maximum Gasteiger partial charge on any atom is 0.245 e. The van der Waals surface area contributed by atoms with Crippen molar-refractivity contribution in [3.8, 4) is 0 Å². The topological polar surface area (TPSA) is 93.4 Å². The fourth-order valence-electron chi connectivity index (χ4n) is 2.04. The van der Waals surface area contributed by atoms with Gasteiger partial charge in [0.05, 0.1) is 13.2 Å². The molecule has 110 valence electrons. The number of ether oxygens (including phenoxy) is 1. The van der Waals surface area contributed by atoms with E-state index >= 15 is 0 Å². The average molecular weight is 279 g/mol. The minimum atomic E-state index is -0.394. The van der Waals surface area contributed by atoms with Gasteiger partial charge >= 0.3 is 0 Å². The van der Waals surface area contributed by atoms with Crippen molar-refractivity contribution >= 4 is 11.9 Å². The Morgan fingerprint density at radius 1 is 1.55 bits per heavy atom. The van der Waals surface area contributed by atoms with Gasteiger partial charge in [-0.15, -0.1) is 0 Å². The normalized spacial score (nSPS) is 19.2. The monoisotopic (exact) mass is 279 g/mol. The Hall–Kier alpha value is -1.73. The quantitative estimate of drug-likeness (QED) is 0.783. The molecule has 7 heteroatoms. The van der Waals surface area contributed by atoms with Crippen molar-refractivity contribution in [2.24, 2.45) is 5.73 Å². The first-order valence-corrected chi connectivity index (χ1v) is 6.77. The summed E-state index contributed by atoms with van der Waals surface area (Å²) in [5.74, 6) is 0.473.